The zero-order valence-electron chi connectivity index (χ0n) is 14.5. The molecule has 0 aliphatic rings. The fourth-order valence-electron chi connectivity index (χ4n) is 1.96. The summed E-state index contributed by atoms with van der Waals surface area (Å²) in [6.45, 7) is -2.09. The van der Waals surface area contributed by atoms with Gasteiger partial charge in [-0.2, -0.15) is 17.2 Å². The molecule has 0 aliphatic carbocycles. The van der Waals surface area contributed by atoms with Gasteiger partial charge in [0.2, 0.25) is 0 Å². The Morgan fingerprint density at radius 3 is 2.27 bits per heavy atom. The predicted octanol–water partition coefficient (Wildman–Crippen LogP) is 3.06. The van der Waals surface area contributed by atoms with Crippen molar-refractivity contribution in [3.8, 4) is 5.75 Å². The predicted molar refractivity (Wildman–Crippen MR) is 104 cm³/mol. The zero-order valence-corrected chi connectivity index (χ0v) is 17.4. The standard InChI is InChI=1S/C16H10F2INO9S/c17-16(18,30(25,26)27)8-28-15(22)12-7-11(5-6-13(12)20(23)24)29-14(21)9-1-3-10(19)4-2-9/h1-7H,8H2,(H,25,26,27). The molecule has 160 valence electrons. The van der Waals surface area contributed by atoms with Crippen LogP contribution in [0.4, 0.5) is 14.5 Å². The number of nitro benzene ring substituents is 1. The summed E-state index contributed by atoms with van der Waals surface area (Å²) in [4.78, 5) is 34.2. The quantitative estimate of drug-likeness (QED) is 0.135. The largest absolute Gasteiger partial charge is 0.454 e. The molecule has 14 heteroatoms. The molecule has 0 atom stereocenters. The van der Waals surface area contributed by atoms with Gasteiger partial charge < -0.3 is 9.47 Å². The minimum absolute atomic E-state index is 0.130. The number of benzene rings is 2. The SMILES string of the molecule is O=C(Oc1ccc([N+](=O)[O-])c(C(=O)OCC(F)(F)S(=O)(=O)O)c1)c1ccc(I)cc1. The highest BCUT2D eigenvalue weighted by Gasteiger charge is 2.46. The fourth-order valence-corrected chi connectivity index (χ4v) is 2.52. The van der Waals surface area contributed by atoms with E-state index >= 15 is 0 Å². The number of alkyl halides is 2. The maximum absolute atomic E-state index is 13.2. The van der Waals surface area contributed by atoms with Crippen LogP contribution in [0.15, 0.2) is 42.5 Å². The van der Waals surface area contributed by atoms with Crippen LogP contribution < -0.4 is 4.74 Å². The second-order valence-electron chi connectivity index (χ2n) is 5.52. The van der Waals surface area contributed by atoms with E-state index in [2.05, 4.69) is 4.74 Å². The summed E-state index contributed by atoms with van der Waals surface area (Å²) in [5.41, 5.74) is -1.62. The number of hydrogen-bond acceptors (Lipinski definition) is 8. The molecule has 0 amide bonds. The van der Waals surface area contributed by atoms with Crippen LogP contribution in [0.1, 0.15) is 20.7 Å². The lowest BCUT2D eigenvalue weighted by Crippen LogP contribution is -2.34. The number of nitrogens with zero attached hydrogens (tertiary/aromatic N) is 1. The first kappa shape index (κ1) is 23.6. The number of halogens is 3. The minimum atomic E-state index is -5.88. The highest BCUT2D eigenvalue weighted by molar-refractivity contribution is 14.1. The lowest BCUT2D eigenvalue weighted by molar-refractivity contribution is -0.385. The van der Waals surface area contributed by atoms with Crippen molar-refractivity contribution in [1.82, 2.24) is 0 Å². The number of rotatable bonds is 7. The van der Waals surface area contributed by atoms with E-state index in [9.17, 15) is 36.9 Å². The molecule has 0 radical (unpaired) electrons. The molecular weight excluding hydrogens is 547 g/mol. The molecule has 0 unspecified atom stereocenters. The monoisotopic (exact) mass is 557 g/mol. The number of hydrogen-bond donors (Lipinski definition) is 1. The Morgan fingerprint density at radius 2 is 1.73 bits per heavy atom. The lowest BCUT2D eigenvalue weighted by atomic mass is 10.1. The van der Waals surface area contributed by atoms with E-state index in [0.29, 0.717) is 6.07 Å². The third-order valence-electron chi connectivity index (χ3n) is 3.42. The molecular formula is C16H10F2INO9S. The molecule has 0 aliphatic heterocycles. The van der Waals surface area contributed by atoms with Gasteiger partial charge in [0.1, 0.15) is 11.3 Å². The van der Waals surface area contributed by atoms with Crippen LogP contribution in [0, 0.1) is 13.7 Å². The highest BCUT2D eigenvalue weighted by Crippen LogP contribution is 2.27. The zero-order chi connectivity index (χ0) is 22.7. The van der Waals surface area contributed by atoms with Gasteiger partial charge in [-0.3, -0.25) is 14.7 Å². The van der Waals surface area contributed by atoms with E-state index in [1.807, 2.05) is 22.6 Å². The first-order valence-corrected chi connectivity index (χ1v) is 10.1. The van der Waals surface area contributed by atoms with Crippen molar-refractivity contribution in [3.63, 3.8) is 0 Å². The summed E-state index contributed by atoms with van der Waals surface area (Å²) >= 11 is 2.01. The molecule has 0 aromatic heterocycles. The molecule has 2 aromatic carbocycles. The number of carbonyl (C=O) groups is 2. The minimum Gasteiger partial charge on any atom is -0.454 e. The molecule has 0 fully saturated rings. The molecule has 0 bridgehead atoms. The van der Waals surface area contributed by atoms with Crippen molar-refractivity contribution in [2.75, 3.05) is 6.61 Å². The molecule has 2 rings (SSSR count). The topological polar surface area (TPSA) is 150 Å². The lowest BCUT2D eigenvalue weighted by Gasteiger charge is -2.13. The maximum atomic E-state index is 13.2. The Labute approximate surface area is 180 Å². The van der Waals surface area contributed by atoms with E-state index in [0.717, 1.165) is 15.7 Å². The van der Waals surface area contributed by atoms with Gasteiger partial charge in [-0.15, -0.1) is 0 Å². The van der Waals surface area contributed by atoms with Gasteiger partial charge in [0.25, 0.3) is 5.69 Å². The van der Waals surface area contributed by atoms with Crippen molar-refractivity contribution in [3.05, 3.63) is 67.3 Å². The Balaban J connectivity index is 2.27. The van der Waals surface area contributed by atoms with Crippen molar-refractivity contribution < 1.29 is 45.7 Å². The number of ether oxygens (including phenoxy) is 2. The summed E-state index contributed by atoms with van der Waals surface area (Å²) < 4.78 is 65.9. The molecule has 0 spiro atoms. The number of esters is 2. The number of nitro groups is 1. The Bertz CT molecular complexity index is 1100. The van der Waals surface area contributed by atoms with Gasteiger partial charge in [0.15, 0.2) is 6.61 Å². The fraction of sp³-hybridized carbons (Fsp3) is 0.125. The van der Waals surface area contributed by atoms with E-state index in [1.54, 1.807) is 12.1 Å². The van der Waals surface area contributed by atoms with Gasteiger partial charge in [0.05, 0.1) is 10.5 Å². The van der Waals surface area contributed by atoms with Gasteiger partial charge in [-0.1, -0.05) is 0 Å². The second kappa shape index (κ2) is 8.97. The molecule has 0 saturated heterocycles. The van der Waals surface area contributed by atoms with Gasteiger partial charge in [-0.05, 0) is 52.9 Å². The summed E-state index contributed by atoms with van der Waals surface area (Å²) in [6.07, 6.45) is 0. The van der Waals surface area contributed by atoms with E-state index < -0.39 is 50.1 Å². The highest BCUT2D eigenvalue weighted by atomic mass is 127. The van der Waals surface area contributed by atoms with Crippen molar-refractivity contribution >= 4 is 50.3 Å². The van der Waals surface area contributed by atoms with Gasteiger partial charge in [0, 0.05) is 15.7 Å². The molecule has 30 heavy (non-hydrogen) atoms. The van der Waals surface area contributed by atoms with Crippen LogP contribution in [0.3, 0.4) is 0 Å². The Hall–Kier alpha value is -2.72. The third kappa shape index (κ3) is 5.67. The van der Waals surface area contributed by atoms with Crippen LogP contribution in [0.2, 0.25) is 0 Å². The molecule has 1 N–H and O–H groups in total. The van der Waals surface area contributed by atoms with Crippen LogP contribution >= 0.6 is 22.6 Å². The van der Waals surface area contributed by atoms with Crippen LogP contribution in [0.25, 0.3) is 0 Å². The van der Waals surface area contributed by atoms with E-state index in [-0.39, 0.29) is 11.3 Å². The summed E-state index contributed by atoms with van der Waals surface area (Å²) in [6, 6.07) is 8.59. The smallest absolute Gasteiger partial charge is 0.402 e. The molecule has 0 heterocycles. The molecule has 2 aromatic rings. The Kier molecular flexibility index (Phi) is 7.04. The normalized spacial score (nSPS) is 11.6. The second-order valence-corrected chi connectivity index (χ2v) is 8.31. The van der Waals surface area contributed by atoms with Crippen LogP contribution in [-0.2, 0) is 14.9 Å². The van der Waals surface area contributed by atoms with Crippen LogP contribution in [0.5, 0.6) is 5.75 Å². The van der Waals surface area contributed by atoms with Crippen LogP contribution in [-0.4, -0.2) is 41.7 Å². The number of carbonyl (C=O) groups excluding carboxylic acids is 2. The average molecular weight is 557 g/mol. The van der Waals surface area contributed by atoms with Gasteiger partial charge in [-0.25, -0.2) is 9.59 Å². The van der Waals surface area contributed by atoms with Crippen molar-refractivity contribution in [2.45, 2.75) is 5.25 Å². The first-order chi connectivity index (χ1) is 13.8. The van der Waals surface area contributed by atoms with Crippen molar-refractivity contribution in [2.24, 2.45) is 0 Å². The van der Waals surface area contributed by atoms with E-state index in [4.69, 9.17) is 9.29 Å². The molecule has 10 nitrogen and oxygen atoms in total. The summed E-state index contributed by atoms with van der Waals surface area (Å²) in [5.74, 6) is -2.90. The molecule has 0 saturated carbocycles. The Morgan fingerprint density at radius 1 is 1.13 bits per heavy atom. The van der Waals surface area contributed by atoms with Gasteiger partial charge >= 0.3 is 27.3 Å². The average Bonchev–Trinajstić information content (AvgIpc) is 2.65. The summed E-state index contributed by atoms with van der Waals surface area (Å²) in [5, 5.41) is 6.25. The maximum Gasteiger partial charge on any atom is 0.402 e. The third-order valence-corrected chi connectivity index (χ3v) is 5.02. The summed E-state index contributed by atoms with van der Waals surface area (Å²) in [7, 11) is -5.88. The first-order valence-electron chi connectivity index (χ1n) is 7.60. The van der Waals surface area contributed by atoms with E-state index in [1.165, 1.54) is 12.1 Å². The van der Waals surface area contributed by atoms with Crippen molar-refractivity contribution in [1.29, 1.82) is 0 Å².